The maximum absolute atomic E-state index is 12.7. The summed E-state index contributed by atoms with van der Waals surface area (Å²) in [5.41, 5.74) is 2.48. The zero-order valence-corrected chi connectivity index (χ0v) is 12.6. The van der Waals surface area contributed by atoms with Crippen molar-refractivity contribution >= 4 is 11.8 Å². The molecule has 1 aliphatic rings. The van der Waals surface area contributed by atoms with Gasteiger partial charge in [-0.1, -0.05) is 19.4 Å². The number of benzene rings is 1. The number of hydrogen-bond donors (Lipinski definition) is 1. The summed E-state index contributed by atoms with van der Waals surface area (Å²) in [6, 6.07) is 3.53. The van der Waals surface area contributed by atoms with E-state index in [4.69, 9.17) is 0 Å². The summed E-state index contributed by atoms with van der Waals surface area (Å²) < 4.78 is 4.64. The molecule has 1 aromatic carbocycles. The maximum Gasteiger partial charge on any atom is 0.305 e. The molecule has 0 fully saturated rings. The Morgan fingerprint density at radius 2 is 2.19 bits per heavy atom. The summed E-state index contributed by atoms with van der Waals surface area (Å²) in [6.45, 7) is 2.03. The van der Waals surface area contributed by atoms with Crippen LogP contribution < -0.4 is 0 Å². The van der Waals surface area contributed by atoms with Crippen LogP contribution >= 0.6 is 0 Å². The summed E-state index contributed by atoms with van der Waals surface area (Å²) in [5, 5.41) is 10.0. The van der Waals surface area contributed by atoms with E-state index >= 15 is 0 Å². The van der Waals surface area contributed by atoms with E-state index in [0.29, 0.717) is 18.4 Å². The molecule has 0 aliphatic heterocycles. The highest BCUT2D eigenvalue weighted by molar-refractivity contribution is 6.02. The van der Waals surface area contributed by atoms with Gasteiger partial charge in [0.2, 0.25) is 0 Å². The second-order valence-electron chi connectivity index (χ2n) is 5.56. The lowest BCUT2D eigenvalue weighted by Gasteiger charge is -2.25. The van der Waals surface area contributed by atoms with E-state index in [-0.39, 0.29) is 29.8 Å². The molecule has 0 spiro atoms. The van der Waals surface area contributed by atoms with Crippen LogP contribution in [0.3, 0.4) is 0 Å². The third kappa shape index (κ3) is 3.26. The molecule has 0 aromatic heterocycles. The van der Waals surface area contributed by atoms with Gasteiger partial charge in [-0.3, -0.25) is 9.59 Å². The standard InChI is InChI=1S/C17H22O4/c1-3-4-13-14(18)9-7-11-5-6-12(17(20)16(11)13)8-10-15(19)21-2/h7,9,12,18H,3-6,8,10H2,1-2H3. The van der Waals surface area contributed by atoms with E-state index in [0.717, 1.165) is 30.4 Å². The first-order chi connectivity index (χ1) is 10.1. The first-order valence-electron chi connectivity index (χ1n) is 7.53. The number of rotatable bonds is 5. The second-order valence-corrected chi connectivity index (χ2v) is 5.56. The minimum absolute atomic E-state index is 0.0690. The largest absolute Gasteiger partial charge is 0.508 e. The molecule has 1 unspecified atom stereocenters. The topological polar surface area (TPSA) is 63.6 Å². The van der Waals surface area contributed by atoms with Crippen LogP contribution in [0, 0.1) is 5.92 Å². The third-order valence-electron chi connectivity index (χ3n) is 4.18. The van der Waals surface area contributed by atoms with Crippen LogP contribution in [0.4, 0.5) is 0 Å². The van der Waals surface area contributed by atoms with Crippen molar-refractivity contribution in [2.75, 3.05) is 7.11 Å². The van der Waals surface area contributed by atoms with Gasteiger partial charge in [-0.15, -0.1) is 0 Å². The average Bonchev–Trinajstić information content (AvgIpc) is 2.49. The number of carbonyl (C=O) groups is 2. The van der Waals surface area contributed by atoms with E-state index in [9.17, 15) is 14.7 Å². The average molecular weight is 290 g/mol. The van der Waals surface area contributed by atoms with Crippen molar-refractivity contribution in [3.05, 3.63) is 28.8 Å². The number of phenols is 1. The molecule has 1 atom stereocenters. The van der Waals surface area contributed by atoms with Crippen LogP contribution in [0.25, 0.3) is 0 Å². The van der Waals surface area contributed by atoms with Gasteiger partial charge in [-0.05, 0) is 37.3 Å². The Balaban J connectivity index is 2.25. The number of hydrogen-bond acceptors (Lipinski definition) is 4. The number of ketones is 1. The van der Waals surface area contributed by atoms with Crippen LogP contribution in [0.5, 0.6) is 5.75 Å². The van der Waals surface area contributed by atoms with Gasteiger partial charge in [0, 0.05) is 23.5 Å². The molecule has 1 aliphatic carbocycles. The zero-order valence-electron chi connectivity index (χ0n) is 12.6. The summed E-state index contributed by atoms with van der Waals surface area (Å²) in [6.07, 6.45) is 3.95. The lowest BCUT2D eigenvalue weighted by atomic mass is 9.78. The molecule has 0 saturated carbocycles. The molecule has 2 rings (SSSR count). The summed E-state index contributed by atoms with van der Waals surface area (Å²) in [7, 11) is 1.36. The normalized spacial score (nSPS) is 17.4. The van der Waals surface area contributed by atoms with Crippen molar-refractivity contribution in [2.45, 2.75) is 45.4 Å². The van der Waals surface area contributed by atoms with Crippen LogP contribution in [-0.2, 0) is 22.4 Å². The first-order valence-corrected chi connectivity index (χ1v) is 7.53. The van der Waals surface area contributed by atoms with Crippen molar-refractivity contribution < 1.29 is 19.4 Å². The van der Waals surface area contributed by atoms with Gasteiger partial charge >= 0.3 is 5.97 Å². The van der Waals surface area contributed by atoms with Crippen LogP contribution in [0.15, 0.2) is 12.1 Å². The van der Waals surface area contributed by atoms with Gasteiger partial charge in [0.05, 0.1) is 7.11 Å². The summed E-state index contributed by atoms with van der Waals surface area (Å²) in [5.74, 6) is -0.149. The predicted octanol–water partition coefficient (Wildman–Crippen LogP) is 3.04. The molecule has 114 valence electrons. The van der Waals surface area contributed by atoms with Gasteiger partial charge < -0.3 is 9.84 Å². The molecule has 0 saturated heterocycles. The number of aryl methyl sites for hydroxylation is 1. The number of esters is 1. The molecule has 0 amide bonds. The molecule has 4 nitrogen and oxygen atoms in total. The van der Waals surface area contributed by atoms with Gasteiger partial charge in [-0.25, -0.2) is 0 Å². The molecular weight excluding hydrogens is 268 g/mol. The van der Waals surface area contributed by atoms with Gasteiger partial charge in [-0.2, -0.15) is 0 Å². The number of aromatic hydroxyl groups is 1. The fourth-order valence-corrected chi connectivity index (χ4v) is 3.04. The summed E-state index contributed by atoms with van der Waals surface area (Å²) >= 11 is 0. The van der Waals surface area contributed by atoms with Gasteiger partial charge in [0.1, 0.15) is 5.75 Å². The van der Waals surface area contributed by atoms with E-state index < -0.39 is 0 Å². The smallest absolute Gasteiger partial charge is 0.305 e. The Morgan fingerprint density at radius 3 is 2.86 bits per heavy atom. The highest BCUT2D eigenvalue weighted by Gasteiger charge is 2.30. The predicted molar refractivity (Wildman–Crippen MR) is 79.5 cm³/mol. The Hall–Kier alpha value is -1.84. The van der Waals surface area contributed by atoms with E-state index in [1.54, 1.807) is 6.07 Å². The Labute approximate surface area is 125 Å². The first kappa shape index (κ1) is 15.5. The highest BCUT2D eigenvalue weighted by Crippen LogP contribution is 2.35. The lowest BCUT2D eigenvalue weighted by Crippen LogP contribution is -2.25. The lowest BCUT2D eigenvalue weighted by molar-refractivity contribution is -0.140. The van der Waals surface area contributed by atoms with Crippen molar-refractivity contribution in [3.8, 4) is 5.75 Å². The molecular formula is C17H22O4. The third-order valence-corrected chi connectivity index (χ3v) is 4.18. The monoisotopic (exact) mass is 290 g/mol. The maximum atomic E-state index is 12.7. The zero-order chi connectivity index (χ0) is 15.4. The van der Waals surface area contributed by atoms with Crippen molar-refractivity contribution in [3.63, 3.8) is 0 Å². The van der Waals surface area contributed by atoms with E-state index in [1.165, 1.54) is 7.11 Å². The molecule has 1 N–H and O–H groups in total. The number of fused-ring (bicyclic) bond motifs is 1. The highest BCUT2D eigenvalue weighted by atomic mass is 16.5. The number of methoxy groups -OCH3 is 1. The molecule has 1 aromatic rings. The SMILES string of the molecule is CCCc1c(O)ccc2c1C(=O)C(CCC(=O)OC)CC2. The molecule has 0 heterocycles. The van der Waals surface area contributed by atoms with Crippen LogP contribution in [0.2, 0.25) is 0 Å². The number of carbonyl (C=O) groups excluding carboxylic acids is 2. The van der Waals surface area contributed by atoms with Gasteiger partial charge in [0.15, 0.2) is 5.78 Å². The van der Waals surface area contributed by atoms with Gasteiger partial charge in [0.25, 0.3) is 0 Å². The van der Waals surface area contributed by atoms with Crippen LogP contribution in [-0.4, -0.2) is 24.0 Å². The molecule has 21 heavy (non-hydrogen) atoms. The minimum atomic E-state index is -0.279. The fourth-order valence-electron chi connectivity index (χ4n) is 3.04. The molecule has 0 bridgehead atoms. The number of ether oxygens (including phenoxy) is 1. The Kier molecular flexibility index (Phi) is 4.99. The van der Waals surface area contributed by atoms with Crippen LogP contribution in [0.1, 0.15) is 54.1 Å². The van der Waals surface area contributed by atoms with Crippen molar-refractivity contribution in [2.24, 2.45) is 5.92 Å². The quantitative estimate of drug-likeness (QED) is 0.847. The van der Waals surface area contributed by atoms with Crippen molar-refractivity contribution in [1.29, 1.82) is 0 Å². The number of phenolic OH excluding ortho intramolecular Hbond substituents is 1. The van der Waals surface area contributed by atoms with Crippen molar-refractivity contribution in [1.82, 2.24) is 0 Å². The fraction of sp³-hybridized carbons (Fsp3) is 0.529. The minimum Gasteiger partial charge on any atom is -0.508 e. The van der Waals surface area contributed by atoms with E-state index in [1.807, 2.05) is 13.0 Å². The molecule has 4 heteroatoms. The van der Waals surface area contributed by atoms with E-state index in [2.05, 4.69) is 4.74 Å². The second kappa shape index (κ2) is 6.74. The molecule has 0 radical (unpaired) electrons. The number of Topliss-reactive ketones (excluding diaryl/α,β-unsaturated/α-hetero) is 1. The Morgan fingerprint density at radius 1 is 1.43 bits per heavy atom. The Bertz CT molecular complexity index is 548. The summed E-state index contributed by atoms with van der Waals surface area (Å²) in [4.78, 5) is 24.0.